The minimum atomic E-state index is -1.01. The number of anilines is 1. The molecule has 2 rings (SSSR count). The second-order valence-corrected chi connectivity index (χ2v) is 5.46. The zero-order valence-electron chi connectivity index (χ0n) is 11.1. The fraction of sp³-hybridized carbons (Fsp3) is 0.267. The summed E-state index contributed by atoms with van der Waals surface area (Å²) in [5.74, 6) is -0.300. The highest BCUT2D eigenvalue weighted by molar-refractivity contribution is 5.93. The summed E-state index contributed by atoms with van der Waals surface area (Å²) in [6.45, 7) is 5.49. The molecule has 19 heavy (non-hydrogen) atoms. The molecule has 0 saturated heterocycles. The Morgan fingerprint density at radius 2 is 1.68 bits per heavy atom. The zero-order chi connectivity index (χ0) is 14.2. The van der Waals surface area contributed by atoms with E-state index in [1.807, 2.05) is 20.8 Å². The lowest BCUT2D eigenvalue weighted by molar-refractivity contribution is 0.195. The Hall–Kier alpha value is -2.10. The summed E-state index contributed by atoms with van der Waals surface area (Å²) in [6, 6.07) is 9.64. The lowest BCUT2D eigenvalue weighted by Gasteiger charge is -2.33. The van der Waals surface area contributed by atoms with Crippen molar-refractivity contribution in [2.75, 3.05) is 4.90 Å². The van der Waals surface area contributed by atoms with Crippen molar-refractivity contribution in [3.05, 3.63) is 42.2 Å². The van der Waals surface area contributed by atoms with Crippen LogP contribution >= 0.6 is 0 Å². The molecule has 100 valence electrons. The average Bonchev–Trinajstić information content (AvgIpc) is 2.27. The van der Waals surface area contributed by atoms with E-state index in [9.17, 15) is 14.3 Å². The summed E-state index contributed by atoms with van der Waals surface area (Å²) >= 11 is 0. The van der Waals surface area contributed by atoms with Gasteiger partial charge in [0, 0.05) is 11.2 Å². The van der Waals surface area contributed by atoms with Crippen LogP contribution in [0.25, 0.3) is 10.8 Å². The van der Waals surface area contributed by atoms with E-state index < -0.39 is 11.6 Å². The molecule has 0 unspecified atom stereocenters. The SMILES string of the molecule is CC(C)(C)N(C(=O)O)c1ccc2cc(F)ccc2c1. The molecule has 0 bridgehead atoms. The van der Waals surface area contributed by atoms with Crippen LogP contribution in [0.3, 0.4) is 0 Å². The van der Waals surface area contributed by atoms with Crippen LogP contribution in [0.4, 0.5) is 14.9 Å². The van der Waals surface area contributed by atoms with E-state index >= 15 is 0 Å². The normalized spacial score (nSPS) is 11.6. The number of benzene rings is 2. The first-order chi connectivity index (χ1) is 8.79. The van der Waals surface area contributed by atoms with Gasteiger partial charge in [0.15, 0.2) is 0 Å². The summed E-state index contributed by atoms with van der Waals surface area (Å²) in [4.78, 5) is 12.7. The van der Waals surface area contributed by atoms with E-state index in [0.29, 0.717) is 5.69 Å². The molecule has 0 aromatic heterocycles. The van der Waals surface area contributed by atoms with Crippen molar-refractivity contribution >= 4 is 22.6 Å². The number of amides is 1. The number of rotatable bonds is 1. The molecular formula is C15H16FNO2. The first-order valence-corrected chi connectivity index (χ1v) is 6.01. The second kappa shape index (κ2) is 4.53. The summed E-state index contributed by atoms with van der Waals surface area (Å²) < 4.78 is 13.1. The lowest BCUT2D eigenvalue weighted by atomic mass is 10.0. The van der Waals surface area contributed by atoms with Gasteiger partial charge in [-0.15, -0.1) is 0 Å². The highest BCUT2D eigenvalue weighted by Gasteiger charge is 2.27. The quantitative estimate of drug-likeness (QED) is 0.833. The van der Waals surface area contributed by atoms with Gasteiger partial charge in [0.2, 0.25) is 0 Å². The number of nitrogens with zero attached hydrogens (tertiary/aromatic N) is 1. The number of hydrogen-bond donors (Lipinski definition) is 1. The molecule has 0 radical (unpaired) electrons. The topological polar surface area (TPSA) is 40.5 Å². The van der Waals surface area contributed by atoms with Crippen LogP contribution in [-0.4, -0.2) is 16.7 Å². The summed E-state index contributed by atoms with van der Waals surface area (Å²) in [5.41, 5.74) is 0.0404. The molecule has 3 nitrogen and oxygen atoms in total. The molecule has 0 saturated carbocycles. The average molecular weight is 261 g/mol. The summed E-state index contributed by atoms with van der Waals surface area (Å²) in [5, 5.41) is 10.9. The van der Waals surface area contributed by atoms with Gasteiger partial charge in [0.05, 0.1) is 0 Å². The highest BCUT2D eigenvalue weighted by atomic mass is 19.1. The fourth-order valence-electron chi connectivity index (χ4n) is 2.13. The largest absolute Gasteiger partial charge is 0.465 e. The van der Waals surface area contributed by atoms with E-state index in [4.69, 9.17) is 0 Å². The van der Waals surface area contributed by atoms with E-state index in [0.717, 1.165) is 10.8 Å². The van der Waals surface area contributed by atoms with Crippen molar-refractivity contribution in [2.45, 2.75) is 26.3 Å². The minimum absolute atomic E-state index is 0.300. The predicted molar refractivity (Wildman–Crippen MR) is 74.2 cm³/mol. The Bertz CT molecular complexity index is 632. The van der Waals surface area contributed by atoms with Gasteiger partial charge >= 0.3 is 6.09 Å². The number of carboxylic acid groups (broad SMARTS) is 1. The molecule has 0 heterocycles. The Balaban J connectivity index is 2.56. The van der Waals surface area contributed by atoms with E-state index in [-0.39, 0.29) is 5.82 Å². The molecule has 0 aliphatic rings. The maximum Gasteiger partial charge on any atom is 0.412 e. The van der Waals surface area contributed by atoms with Crippen LogP contribution in [0.5, 0.6) is 0 Å². The molecule has 1 N–H and O–H groups in total. The third kappa shape index (κ3) is 2.67. The number of carbonyl (C=O) groups is 1. The van der Waals surface area contributed by atoms with E-state index in [1.54, 1.807) is 24.3 Å². The summed E-state index contributed by atoms with van der Waals surface area (Å²) in [7, 11) is 0. The van der Waals surface area contributed by atoms with Gasteiger partial charge < -0.3 is 5.11 Å². The monoisotopic (exact) mass is 261 g/mol. The fourth-order valence-corrected chi connectivity index (χ4v) is 2.13. The van der Waals surface area contributed by atoms with E-state index in [1.165, 1.54) is 17.0 Å². The second-order valence-electron chi connectivity index (χ2n) is 5.46. The third-order valence-corrected chi connectivity index (χ3v) is 2.91. The van der Waals surface area contributed by atoms with Crippen LogP contribution in [-0.2, 0) is 0 Å². The molecule has 0 aliphatic heterocycles. The Labute approximate surface area is 111 Å². The maximum atomic E-state index is 13.1. The number of hydrogen-bond acceptors (Lipinski definition) is 1. The van der Waals surface area contributed by atoms with E-state index in [2.05, 4.69) is 0 Å². The van der Waals surface area contributed by atoms with Crippen molar-refractivity contribution in [1.82, 2.24) is 0 Å². The Morgan fingerprint density at radius 1 is 1.11 bits per heavy atom. The van der Waals surface area contributed by atoms with Gasteiger partial charge in [0.25, 0.3) is 0 Å². The molecule has 2 aromatic rings. The van der Waals surface area contributed by atoms with Crippen molar-refractivity contribution in [2.24, 2.45) is 0 Å². The standard InChI is InChI=1S/C15H16FNO2/c1-15(2,3)17(14(18)19)13-7-5-10-8-12(16)6-4-11(10)9-13/h4-9H,1-3H3,(H,18,19). The molecule has 0 fully saturated rings. The van der Waals surface area contributed by atoms with Crippen LogP contribution in [0.2, 0.25) is 0 Å². The first kappa shape index (κ1) is 13.3. The van der Waals surface area contributed by atoms with Gasteiger partial charge in [-0.05, 0) is 55.8 Å². The third-order valence-electron chi connectivity index (χ3n) is 2.91. The zero-order valence-corrected chi connectivity index (χ0v) is 11.1. The predicted octanol–water partition coefficient (Wildman–Crippen LogP) is 4.26. The number of fused-ring (bicyclic) bond motifs is 1. The lowest BCUT2D eigenvalue weighted by Crippen LogP contribution is -2.45. The highest BCUT2D eigenvalue weighted by Crippen LogP contribution is 2.28. The van der Waals surface area contributed by atoms with Crippen molar-refractivity contribution in [3.63, 3.8) is 0 Å². The molecule has 0 spiro atoms. The smallest absolute Gasteiger partial charge is 0.412 e. The molecular weight excluding hydrogens is 245 g/mol. The van der Waals surface area contributed by atoms with Crippen LogP contribution < -0.4 is 4.90 Å². The molecule has 1 amide bonds. The van der Waals surface area contributed by atoms with Gasteiger partial charge in [-0.1, -0.05) is 12.1 Å². The van der Waals surface area contributed by atoms with Gasteiger partial charge in [-0.2, -0.15) is 0 Å². The Morgan fingerprint density at radius 3 is 2.26 bits per heavy atom. The first-order valence-electron chi connectivity index (χ1n) is 6.01. The van der Waals surface area contributed by atoms with Crippen molar-refractivity contribution in [3.8, 4) is 0 Å². The van der Waals surface area contributed by atoms with Crippen LogP contribution in [0.15, 0.2) is 36.4 Å². The van der Waals surface area contributed by atoms with Crippen molar-refractivity contribution < 1.29 is 14.3 Å². The van der Waals surface area contributed by atoms with Gasteiger partial charge in [-0.3, -0.25) is 4.90 Å². The van der Waals surface area contributed by atoms with Crippen LogP contribution in [0.1, 0.15) is 20.8 Å². The molecule has 0 aliphatic carbocycles. The molecule has 0 atom stereocenters. The maximum absolute atomic E-state index is 13.1. The number of halogens is 1. The molecule has 2 aromatic carbocycles. The molecule has 4 heteroatoms. The Kier molecular flexibility index (Phi) is 3.18. The van der Waals surface area contributed by atoms with Gasteiger partial charge in [-0.25, -0.2) is 9.18 Å². The minimum Gasteiger partial charge on any atom is -0.465 e. The van der Waals surface area contributed by atoms with Crippen LogP contribution in [0, 0.1) is 5.82 Å². The summed E-state index contributed by atoms with van der Waals surface area (Å²) in [6.07, 6.45) is -1.01. The van der Waals surface area contributed by atoms with Gasteiger partial charge in [0.1, 0.15) is 5.82 Å². The van der Waals surface area contributed by atoms with Crippen molar-refractivity contribution in [1.29, 1.82) is 0 Å².